The van der Waals surface area contributed by atoms with Crippen LogP contribution in [-0.2, 0) is 5.75 Å². The van der Waals surface area contributed by atoms with Gasteiger partial charge in [0.15, 0.2) is 0 Å². The molecule has 0 bridgehead atoms. The lowest BCUT2D eigenvalue weighted by Crippen LogP contribution is -1.87. The number of hydrogen-bond donors (Lipinski definition) is 0. The SMILES string of the molecule is CC(C)SCc1ncc(C#N)s1. The first-order valence-electron chi connectivity index (χ1n) is 3.68. The van der Waals surface area contributed by atoms with Gasteiger partial charge in [0.25, 0.3) is 0 Å². The molecule has 0 amide bonds. The topological polar surface area (TPSA) is 36.7 Å². The second-order valence-corrected chi connectivity index (χ2v) is 5.27. The fourth-order valence-electron chi connectivity index (χ4n) is 0.667. The molecule has 1 aromatic heterocycles. The number of thiazole rings is 1. The summed E-state index contributed by atoms with van der Waals surface area (Å²) in [6.07, 6.45) is 1.64. The summed E-state index contributed by atoms with van der Waals surface area (Å²) in [5, 5.41) is 10.2. The van der Waals surface area contributed by atoms with Crippen LogP contribution in [0.1, 0.15) is 23.7 Å². The van der Waals surface area contributed by atoms with E-state index in [0.717, 1.165) is 10.8 Å². The van der Waals surface area contributed by atoms with Crippen LogP contribution in [0.3, 0.4) is 0 Å². The third-order valence-electron chi connectivity index (χ3n) is 1.20. The quantitative estimate of drug-likeness (QED) is 0.749. The zero-order chi connectivity index (χ0) is 8.97. The largest absolute Gasteiger partial charge is 0.247 e. The average molecular weight is 198 g/mol. The minimum absolute atomic E-state index is 0.624. The van der Waals surface area contributed by atoms with Crippen molar-refractivity contribution in [1.29, 1.82) is 5.26 Å². The molecular formula is C8H10N2S2. The lowest BCUT2D eigenvalue weighted by molar-refractivity contribution is 1.10. The zero-order valence-corrected chi connectivity index (χ0v) is 8.71. The standard InChI is InChI=1S/C8H10N2S2/c1-6(2)11-5-8-10-4-7(3-9)12-8/h4,6H,5H2,1-2H3. The number of thioether (sulfide) groups is 1. The molecule has 0 aliphatic heterocycles. The molecule has 0 fully saturated rings. The van der Waals surface area contributed by atoms with Gasteiger partial charge >= 0.3 is 0 Å². The summed E-state index contributed by atoms with van der Waals surface area (Å²) in [6.45, 7) is 4.31. The summed E-state index contributed by atoms with van der Waals surface area (Å²) in [5.41, 5.74) is 0. The van der Waals surface area contributed by atoms with E-state index in [2.05, 4.69) is 24.9 Å². The third kappa shape index (κ3) is 2.84. The highest BCUT2D eigenvalue weighted by molar-refractivity contribution is 7.99. The maximum atomic E-state index is 8.54. The van der Waals surface area contributed by atoms with Gasteiger partial charge in [-0.05, 0) is 5.25 Å². The van der Waals surface area contributed by atoms with E-state index in [1.165, 1.54) is 11.3 Å². The van der Waals surface area contributed by atoms with Gasteiger partial charge in [-0.3, -0.25) is 0 Å². The van der Waals surface area contributed by atoms with Gasteiger partial charge in [-0.2, -0.15) is 17.0 Å². The van der Waals surface area contributed by atoms with Crippen molar-refractivity contribution in [3.05, 3.63) is 16.1 Å². The van der Waals surface area contributed by atoms with Crippen molar-refractivity contribution in [2.75, 3.05) is 0 Å². The minimum Gasteiger partial charge on any atom is -0.247 e. The normalized spacial score (nSPS) is 10.2. The van der Waals surface area contributed by atoms with E-state index in [4.69, 9.17) is 5.26 Å². The maximum absolute atomic E-state index is 8.54. The molecule has 0 spiro atoms. The zero-order valence-electron chi connectivity index (χ0n) is 7.07. The molecule has 0 saturated heterocycles. The molecule has 2 nitrogen and oxygen atoms in total. The van der Waals surface area contributed by atoms with Gasteiger partial charge in [0.2, 0.25) is 0 Å². The summed E-state index contributed by atoms with van der Waals surface area (Å²) in [7, 11) is 0. The Morgan fingerprint density at radius 1 is 1.75 bits per heavy atom. The second kappa shape index (κ2) is 4.48. The molecule has 0 atom stereocenters. The Morgan fingerprint density at radius 2 is 2.50 bits per heavy atom. The lowest BCUT2D eigenvalue weighted by atomic mass is 10.6. The molecule has 4 heteroatoms. The molecule has 64 valence electrons. The molecule has 0 radical (unpaired) electrons. The van der Waals surface area contributed by atoms with Crippen LogP contribution in [0.25, 0.3) is 0 Å². The molecule has 0 aliphatic rings. The van der Waals surface area contributed by atoms with Crippen molar-refractivity contribution in [2.45, 2.75) is 24.9 Å². The fraction of sp³-hybridized carbons (Fsp3) is 0.500. The molecule has 0 aromatic carbocycles. The molecule has 0 N–H and O–H groups in total. The summed E-state index contributed by atoms with van der Waals surface area (Å²) in [4.78, 5) is 4.84. The maximum Gasteiger partial charge on any atom is 0.124 e. The van der Waals surface area contributed by atoms with Gasteiger partial charge in [0.05, 0.1) is 6.20 Å². The molecule has 12 heavy (non-hydrogen) atoms. The second-order valence-electron chi connectivity index (χ2n) is 2.59. The van der Waals surface area contributed by atoms with Gasteiger partial charge in [0, 0.05) is 5.75 Å². The molecule has 0 unspecified atom stereocenters. The highest BCUT2D eigenvalue weighted by Crippen LogP contribution is 2.20. The lowest BCUT2D eigenvalue weighted by Gasteiger charge is -1.99. The first-order chi connectivity index (χ1) is 5.72. The van der Waals surface area contributed by atoms with Crippen LogP contribution in [0.4, 0.5) is 0 Å². The Hall–Kier alpha value is -0.530. The van der Waals surface area contributed by atoms with Crippen LogP contribution in [0.5, 0.6) is 0 Å². The number of aromatic nitrogens is 1. The van der Waals surface area contributed by atoms with E-state index in [1.807, 2.05) is 11.8 Å². The molecule has 1 heterocycles. The van der Waals surface area contributed by atoms with Crippen molar-refractivity contribution in [2.24, 2.45) is 0 Å². The monoisotopic (exact) mass is 198 g/mol. The van der Waals surface area contributed by atoms with Crippen LogP contribution in [0.2, 0.25) is 0 Å². The molecule has 1 rings (SSSR count). The first-order valence-corrected chi connectivity index (χ1v) is 5.55. The molecular weight excluding hydrogens is 188 g/mol. The van der Waals surface area contributed by atoms with Gasteiger partial charge in [0.1, 0.15) is 16.0 Å². The van der Waals surface area contributed by atoms with Crippen LogP contribution in [-0.4, -0.2) is 10.2 Å². The minimum atomic E-state index is 0.624. The Kier molecular flexibility index (Phi) is 3.57. The van der Waals surface area contributed by atoms with Gasteiger partial charge < -0.3 is 0 Å². The smallest absolute Gasteiger partial charge is 0.124 e. The van der Waals surface area contributed by atoms with Crippen LogP contribution in [0.15, 0.2) is 6.20 Å². The van der Waals surface area contributed by atoms with E-state index in [-0.39, 0.29) is 0 Å². The number of rotatable bonds is 3. The highest BCUT2D eigenvalue weighted by Gasteiger charge is 2.02. The summed E-state index contributed by atoms with van der Waals surface area (Å²) >= 11 is 3.33. The van der Waals surface area contributed by atoms with Crippen molar-refractivity contribution in [1.82, 2.24) is 4.98 Å². The van der Waals surface area contributed by atoms with Crippen LogP contribution in [0, 0.1) is 11.3 Å². The van der Waals surface area contributed by atoms with Gasteiger partial charge in [-0.15, -0.1) is 11.3 Å². The average Bonchev–Trinajstić information content (AvgIpc) is 2.48. The van der Waals surface area contributed by atoms with E-state index in [0.29, 0.717) is 10.1 Å². The van der Waals surface area contributed by atoms with Crippen molar-refractivity contribution >= 4 is 23.1 Å². The Labute approximate surface area is 80.6 Å². The Balaban J connectivity index is 2.48. The fourth-order valence-corrected chi connectivity index (χ4v) is 2.17. The number of hydrogen-bond acceptors (Lipinski definition) is 4. The van der Waals surface area contributed by atoms with E-state index in [9.17, 15) is 0 Å². The Morgan fingerprint density at radius 3 is 3.00 bits per heavy atom. The van der Waals surface area contributed by atoms with E-state index in [1.54, 1.807) is 6.20 Å². The van der Waals surface area contributed by atoms with E-state index < -0.39 is 0 Å². The highest BCUT2D eigenvalue weighted by atomic mass is 32.2. The number of nitrogens with zero attached hydrogens (tertiary/aromatic N) is 2. The predicted octanol–water partition coefficient (Wildman–Crippen LogP) is 2.66. The van der Waals surface area contributed by atoms with Crippen LogP contribution >= 0.6 is 23.1 Å². The first kappa shape index (κ1) is 9.56. The van der Waals surface area contributed by atoms with Gasteiger partial charge in [-0.25, -0.2) is 4.98 Å². The predicted molar refractivity (Wildman–Crippen MR) is 53.3 cm³/mol. The summed E-state index contributed by atoms with van der Waals surface area (Å²) in [5.74, 6) is 0.921. The van der Waals surface area contributed by atoms with Crippen molar-refractivity contribution in [3.63, 3.8) is 0 Å². The van der Waals surface area contributed by atoms with Crippen LogP contribution < -0.4 is 0 Å². The van der Waals surface area contributed by atoms with Crippen molar-refractivity contribution < 1.29 is 0 Å². The summed E-state index contributed by atoms with van der Waals surface area (Å²) < 4.78 is 0. The van der Waals surface area contributed by atoms with E-state index >= 15 is 0 Å². The van der Waals surface area contributed by atoms with Crippen molar-refractivity contribution in [3.8, 4) is 6.07 Å². The Bertz CT molecular complexity index is 285. The summed E-state index contributed by atoms with van der Waals surface area (Å²) in [6, 6.07) is 2.08. The third-order valence-corrected chi connectivity index (χ3v) is 3.40. The van der Waals surface area contributed by atoms with Gasteiger partial charge in [-0.1, -0.05) is 13.8 Å². The molecule has 0 aliphatic carbocycles. The number of nitriles is 1. The molecule has 1 aromatic rings. The molecule has 0 saturated carbocycles.